The number of hydrogen-bond acceptors (Lipinski definition) is 4. The molecule has 0 radical (unpaired) electrons. The van der Waals surface area contributed by atoms with Crippen LogP contribution in [-0.2, 0) is 4.74 Å². The second kappa shape index (κ2) is 5.64. The molecule has 0 aromatic carbocycles. The molecule has 1 N–H and O–H groups in total. The number of ether oxygens (including phenoxy) is 1. The van der Waals surface area contributed by atoms with Gasteiger partial charge in [-0.2, -0.15) is 4.39 Å². The third-order valence-electron chi connectivity index (χ3n) is 2.98. The standard InChI is InChI=1S/C14H20FN3O2/c1-14(2,3)20-13(19)17-10-5-7-18(9-10)11-4-6-16-12(15)8-11/h4,6,8,10H,5,7,9H2,1-3H3,(H,17,19)/t10-/m0/s1. The summed E-state index contributed by atoms with van der Waals surface area (Å²) in [6.45, 7) is 6.89. The SMILES string of the molecule is CC(C)(C)OC(=O)N[C@H]1CCN(c2ccnc(F)c2)C1. The Hall–Kier alpha value is -1.85. The summed E-state index contributed by atoms with van der Waals surface area (Å²) in [6, 6.07) is 3.18. The lowest BCUT2D eigenvalue weighted by molar-refractivity contribution is 0.0509. The molecule has 2 rings (SSSR count). The normalized spacial score (nSPS) is 19.0. The van der Waals surface area contributed by atoms with Crippen LogP contribution in [0.25, 0.3) is 0 Å². The molecule has 1 aliphatic heterocycles. The molecule has 1 amide bonds. The summed E-state index contributed by atoms with van der Waals surface area (Å²) >= 11 is 0. The van der Waals surface area contributed by atoms with Crippen molar-refractivity contribution in [1.29, 1.82) is 0 Å². The molecule has 6 heteroatoms. The van der Waals surface area contributed by atoms with Crippen molar-refractivity contribution >= 4 is 11.8 Å². The molecule has 0 saturated carbocycles. The van der Waals surface area contributed by atoms with Crippen molar-refractivity contribution in [3.8, 4) is 0 Å². The molecule has 1 saturated heterocycles. The Morgan fingerprint density at radius 3 is 2.95 bits per heavy atom. The van der Waals surface area contributed by atoms with Gasteiger partial charge >= 0.3 is 6.09 Å². The first-order chi connectivity index (χ1) is 9.33. The smallest absolute Gasteiger partial charge is 0.407 e. The van der Waals surface area contributed by atoms with E-state index in [-0.39, 0.29) is 6.04 Å². The fraction of sp³-hybridized carbons (Fsp3) is 0.571. The zero-order chi connectivity index (χ0) is 14.8. The lowest BCUT2D eigenvalue weighted by atomic mass is 10.2. The average molecular weight is 281 g/mol. The minimum atomic E-state index is -0.503. The Kier molecular flexibility index (Phi) is 4.11. The van der Waals surface area contributed by atoms with Gasteiger partial charge in [0.15, 0.2) is 0 Å². The zero-order valence-corrected chi connectivity index (χ0v) is 12.0. The lowest BCUT2D eigenvalue weighted by Crippen LogP contribution is -2.40. The van der Waals surface area contributed by atoms with E-state index in [0.29, 0.717) is 6.54 Å². The Labute approximate surface area is 118 Å². The van der Waals surface area contributed by atoms with Crippen molar-refractivity contribution in [2.75, 3.05) is 18.0 Å². The van der Waals surface area contributed by atoms with Gasteiger partial charge in [0.2, 0.25) is 5.95 Å². The number of nitrogens with one attached hydrogen (secondary N) is 1. The number of pyridine rings is 1. The van der Waals surface area contributed by atoms with Crippen LogP contribution in [0.4, 0.5) is 14.9 Å². The lowest BCUT2D eigenvalue weighted by Gasteiger charge is -2.22. The van der Waals surface area contributed by atoms with Crippen molar-refractivity contribution in [3.05, 3.63) is 24.3 Å². The van der Waals surface area contributed by atoms with Crippen LogP contribution in [0.3, 0.4) is 0 Å². The van der Waals surface area contributed by atoms with E-state index in [2.05, 4.69) is 10.3 Å². The van der Waals surface area contributed by atoms with Crippen molar-refractivity contribution in [2.24, 2.45) is 0 Å². The first kappa shape index (κ1) is 14.6. The van der Waals surface area contributed by atoms with Crippen LogP contribution < -0.4 is 10.2 Å². The molecule has 110 valence electrons. The maximum Gasteiger partial charge on any atom is 0.407 e. The number of carbonyl (C=O) groups is 1. The molecule has 0 spiro atoms. The second-order valence-corrected chi connectivity index (χ2v) is 5.91. The monoisotopic (exact) mass is 281 g/mol. The van der Waals surface area contributed by atoms with E-state index in [1.54, 1.807) is 6.07 Å². The summed E-state index contributed by atoms with van der Waals surface area (Å²) in [5.41, 5.74) is 0.280. The largest absolute Gasteiger partial charge is 0.444 e. The number of anilines is 1. The predicted octanol–water partition coefficient (Wildman–Crippen LogP) is 2.32. The highest BCUT2D eigenvalue weighted by atomic mass is 19.1. The van der Waals surface area contributed by atoms with E-state index in [4.69, 9.17) is 4.74 Å². The van der Waals surface area contributed by atoms with Crippen LogP contribution in [-0.4, -0.2) is 35.8 Å². The Balaban J connectivity index is 1.88. The highest BCUT2D eigenvalue weighted by Crippen LogP contribution is 2.20. The summed E-state index contributed by atoms with van der Waals surface area (Å²) in [5, 5.41) is 2.84. The van der Waals surface area contributed by atoms with E-state index in [1.165, 1.54) is 12.3 Å². The highest BCUT2D eigenvalue weighted by Gasteiger charge is 2.26. The predicted molar refractivity (Wildman–Crippen MR) is 74.2 cm³/mol. The van der Waals surface area contributed by atoms with Gasteiger partial charge in [-0.3, -0.25) is 0 Å². The summed E-state index contributed by atoms with van der Waals surface area (Å²) < 4.78 is 18.3. The molecule has 0 unspecified atom stereocenters. The average Bonchev–Trinajstić information content (AvgIpc) is 2.74. The number of rotatable bonds is 2. The van der Waals surface area contributed by atoms with Crippen molar-refractivity contribution < 1.29 is 13.9 Å². The van der Waals surface area contributed by atoms with Gasteiger partial charge in [0.25, 0.3) is 0 Å². The number of halogens is 1. The number of amides is 1. The van der Waals surface area contributed by atoms with E-state index in [9.17, 15) is 9.18 Å². The number of carbonyl (C=O) groups excluding carboxylic acids is 1. The zero-order valence-electron chi connectivity index (χ0n) is 12.0. The van der Waals surface area contributed by atoms with Gasteiger partial charge in [-0.1, -0.05) is 0 Å². The van der Waals surface area contributed by atoms with Crippen molar-refractivity contribution in [2.45, 2.75) is 38.8 Å². The molecule has 20 heavy (non-hydrogen) atoms. The fourth-order valence-electron chi connectivity index (χ4n) is 2.18. The summed E-state index contributed by atoms with van der Waals surface area (Å²) in [5.74, 6) is -0.494. The molecule has 1 atom stereocenters. The molecule has 1 aromatic heterocycles. The quantitative estimate of drug-likeness (QED) is 0.845. The van der Waals surface area contributed by atoms with Crippen LogP contribution in [0.1, 0.15) is 27.2 Å². The highest BCUT2D eigenvalue weighted by molar-refractivity contribution is 5.68. The topological polar surface area (TPSA) is 54.5 Å². The maximum absolute atomic E-state index is 13.1. The number of nitrogens with zero attached hydrogens (tertiary/aromatic N) is 2. The van der Waals surface area contributed by atoms with Gasteiger partial charge in [0, 0.05) is 31.0 Å². The number of aromatic nitrogens is 1. The van der Waals surface area contributed by atoms with E-state index in [0.717, 1.165) is 18.7 Å². The molecule has 0 aliphatic carbocycles. The van der Waals surface area contributed by atoms with Crippen LogP contribution in [0, 0.1) is 5.95 Å². The summed E-state index contributed by atoms with van der Waals surface area (Å²) in [7, 11) is 0. The van der Waals surface area contributed by atoms with Gasteiger partial charge in [-0.15, -0.1) is 0 Å². The molecule has 2 heterocycles. The molecule has 5 nitrogen and oxygen atoms in total. The van der Waals surface area contributed by atoms with Gasteiger partial charge < -0.3 is 15.0 Å². The van der Waals surface area contributed by atoms with E-state index >= 15 is 0 Å². The van der Waals surface area contributed by atoms with Gasteiger partial charge in [0.05, 0.1) is 6.04 Å². The van der Waals surface area contributed by atoms with Gasteiger partial charge in [-0.05, 0) is 33.3 Å². The third-order valence-corrected chi connectivity index (χ3v) is 2.98. The first-order valence-corrected chi connectivity index (χ1v) is 6.69. The molecule has 1 fully saturated rings. The van der Waals surface area contributed by atoms with Gasteiger partial charge in [-0.25, -0.2) is 9.78 Å². The van der Waals surface area contributed by atoms with Crippen LogP contribution in [0.5, 0.6) is 0 Å². The maximum atomic E-state index is 13.1. The number of alkyl carbamates (subject to hydrolysis) is 1. The van der Waals surface area contributed by atoms with Crippen molar-refractivity contribution in [3.63, 3.8) is 0 Å². The van der Waals surface area contributed by atoms with E-state index in [1.807, 2.05) is 25.7 Å². The molecule has 1 aromatic rings. The molecular weight excluding hydrogens is 261 g/mol. The Morgan fingerprint density at radius 1 is 1.55 bits per heavy atom. The van der Waals surface area contributed by atoms with Gasteiger partial charge in [0.1, 0.15) is 5.60 Å². The van der Waals surface area contributed by atoms with E-state index < -0.39 is 17.6 Å². The van der Waals surface area contributed by atoms with Crippen LogP contribution in [0.2, 0.25) is 0 Å². The minimum absolute atomic E-state index is 0.0149. The molecular formula is C14H20FN3O2. The van der Waals surface area contributed by atoms with Crippen LogP contribution in [0.15, 0.2) is 18.3 Å². The first-order valence-electron chi connectivity index (χ1n) is 6.69. The second-order valence-electron chi connectivity index (χ2n) is 5.91. The van der Waals surface area contributed by atoms with Crippen LogP contribution >= 0.6 is 0 Å². The number of hydrogen-bond donors (Lipinski definition) is 1. The summed E-state index contributed by atoms with van der Waals surface area (Å²) in [6.07, 6.45) is 1.84. The third kappa shape index (κ3) is 4.08. The molecule has 0 bridgehead atoms. The fourth-order valence-corrected chi connectivity index (χ4v) is 2.18. The Morgan fingerprint density at radius 2 is 2.30 bits per heavy atom. The van der Waals surface area contributed by atoms with Crippen molar-refractivity contribution in [1.82, 2.24) is 10.3 Å². The Bertz CT molecular complexity index is 488. The minimum Gasteiger partial charge on any atom is -0.444 e. The summed E-state index contributed by atoms with van der Waals surface area (Å²) in [4.78, 5) is 17.2. The molecule has 1 aliphatic rings.